The van der Waals surface area contributed by atoms with Gasteiger partial charge in [0.1, 0.15) is 17.7 Å². The van der Waals surface area contributed by atoms with Crippen molar-refractivity contribution in [2.45, 2.75) is 65.6 Å². The molecular weight excluding hydrogens is 723 g/mol. The van der Waals surface area contributed by atoms with Gasteiger partial charge in [-0.2, -0.15) is 0 Å². The number of carbonyl (C=O) groups is 3. The number of nitrogens with one attached hydrogen (secondary N) is 3. The Bertz CT molecular complexity index is 2490. The van der Waals surface area contributed by atoms with Crippen molar-refractivity contribution in [2.24, 2.45) is 0 Å². The average molecular weight is 770 g/mol. The summed E-state index contributed by atoms with van der Waals surface area (Å²) < 4.78 is 7.18. The maximum absolute atomic E-state index is 13.9. The van der Waals surface area contributed by atoms with Crippen LogP contribution in [-0.2, 0) is 27.4 Å². The smallest absolute Gasteiger partial charge is 0.407 e. The molecule has 0 radical (unpaired) electrons. The lowest BCUT2D eigenvalue weighted by molar-refractivity contribution is -0.134. The molecule has 11 nitrogen and oxygen atoms in total. The fourth-order valence-corrected chi connectivity index (χ4v) is 8.34. The highest BCUT2D eigenvalue weighted by atomic mass is 32.1. The standard InChI is InChI=1S/C44H47N7O4S/c1-5-11-41(52)50(20-6-2)27-40-46-34-19-16-29(22-35(34)47-40)30-14-17-32-33-18-15-31(24-38(33)56-37(32)23-30)36-25-45-39(48-36)26-51(21-7-3)43(53)42(49-44(54)55-4)28-12-9-8-10-13-28/h8-10,12-19,22-25,42H,5-7,11,20-21,26-27H2,1-4H3,(H,45,48)(H,46,47)(H,49,54)/t42-/m1/s1. The van der Waals surface area contributed by atoms with Gasteiger partial charge in [0.15, 0.2) is 0 Å². The van der Waals surface area contributed by atoms with Gasteiger partial charge in [0.05, 0.1) is 43.1 Å². The third-order valence-electron chi connectivity index (χ3n) is 9.90. The van der Waals surface area contributed by atoms with Crippen LogP contribution in [0.15, 0.2) is 91.1 Å². The van der Waals surface area contributed by atoms with Crippen LogP contribution in [0.25, 0.3) is 53.6 Å². The molecule has 12 heteroatoms. The number of nitrogens with zero attached hydrogens (tertiary/aromatic N) is 4. The van der Waals surface area contributed by atoms with Gasteiger partial charge in [0, 0.05) is 45.2 Å². The first kappa shape index (κ1) is 38.3. The number of hydrogen-bond donors (Lipinski definition) is 3. The van der Waals surface area contributed by atoms with Gasteiger partial charge in [-0.3, -0.25) is 9.59 Å². The zero-order valence-electron chi connectivity index (χ0n) is 32.2. The van der Waals surface area contributed by atoms with Crippen molar-refractivity contribution in [3.05, 3.63) is 108 Å². The number of ether oxygens (including phenoxy) is 1. The summed E-state index contributed by atoms with van der Waals surface area (Å²) in [5.74, 6) is 1.38. The topological polar surface area (TPSA) is 136 Å². The van der Waals surface area contributed by atoms with E-state index in [-0.39, 0.29) is 18.4 Å². The predicted molar refractivity (Wildman–Crippen MR) is 223 cm³/mol. The Morgan fingerprint density at radius 1 is 0.768 bits per heavy atom. The van der Waals surface area contributed by atoms with Crippen molar-refractivity contribution >= 4 is 60.5 Å². The summed E-state index contributed by atoms with van der Waals surface area (Å²) in [4.78, 5) is 58.7. The number of alkyl carbamates (subject to hydrolysis) is 1. The van der Waals surface area contributed by atoms with Crippen LogP contribution >= 0.6 is 11.3 Å². The number of fused-ring (bicyclic) bond motifs is 4. The minimum Gasteiger partial charge on any atom is -0.453 e. The zero-order chi connectivity index (χ0) is 39.2. The molecule has 0 aliphatic carbocycles. The second kappa shape index (κ2) is 17.2. The number of H-pyrrole nitrogens is 2. The number of rotatable bonds is 15. The van der Waals surface area contributed by atoms with E-state index in [0.29, 0.717) is 30.9 Å². The SMILES string of the molecule is CCCC(=O)N(CCC)Cc1nc2ccc(-c3ccc4c(c3)sc3cc(-c5cnc(CN(CCC)C(=O)[C@H](NC(=O)OC)c6ccccc6)[nH]5)ccc34)cc2[nH]1. The Labute approximate surface area is 330 Å². The van der Waals surface area contributed by atoms with E-state index in [4.69, 9.17) is 9.72 Å². The summed E-state index contributed by atoms with van der Waals surface area (Å²) in [6.07, 6.45) is 4.16. The Morgan fingerprint density at radius 2 is 1.43 bits per heavy atom. The molecule has 3 amide bonds. The van der Waals surface area contributed by atoms with E-state index in [1.54, 1.807) is 22.4 Å². The maximum Gasteiger partial charge on any atom is 0.407 e. The Balaban J connectivity index is 1.10. The van der Waals surface area contributed by atoms with Gasteiger partial charge in [-0.25, -0.2) is 14.8 Å². The quantitative estimate of drug-likeness (QED) is 0.0951. The second-order valence-corrected chi connectivity index (χ2v) is 15.1. The molecular formula is C44H47N7O4S. The number of methoxy groups -OCH3 is 1. The van der Waals surface area contributed by atoms with Crippen molar-refractivity contribution < 1.29 is 19.1 Å². The monoisotopic (exact) mass is 769 g/mol. The Hall–Kier alpha value is -6.01. The molecule has 1 atom stereocenters. The van der Waals surface area contributed by atoms with Gasteiger partial charge < -0.3 is 29.8 Å². The van der Waals surface area contributed by atoms with Crippen LogP contribution in [0.5, 0.6) is 0 Å². The highest BCUT2D eigenvalue weighted by Crippen LogP contribution is 2.38. The minimum absolute atomic E-state index is 0.168. The molecule has 3 aromatic heterocycles. The molecule has 0 fully saturated rings. The molecule has 0 bridgehead atoms. The highest BCUT2D eigenvalue weighted by Gasteiger charge is 2.28. The van der Waals surface area contributed by atoms with Crippen LogP contribution in [0, 0.1) is 0 Å². The van der Waals surface area contributed by atoms with Gasteiger partial charge >= 0.3 is 6.09 Å². The number of carbonyl (C=O) groups excluding carboxylic acids is 3. The van der Waals surface area contributed by atoms with Gasteiger partial charge in [-0.05, 0) is 60.2 Å². The van der Waals surface area contributed by atoms with E-state index in [9.17, 15) is 14.4 Å². The summed E-state index contributed by atoms with van der Waals surface area (Å²) in [5, 5.41) is 5.09. The minimum atomic E-state index is -0.892. The first-order chi connectivity index (χ1) is 27.3. The average Bonchev–Trinajstić information content (AvgIpc) is 3.95. The number of aromatic amines is 2. The van der Waals surface area contributed by atoms with Gasteiger partial charge in [0.25, 0.3) is 0 Å². The molecule has 3 heterocycles. The van der Waals surface area contributed by atoms with Gasteiger partial charge in [0.2, 0.25) is 11.8 Å². The lowest BCUT2D eigenvalue weighted by Gasteiger charge is -2.27. The molecule has 7 rings (SSSR count). The molecule has 3 N–H and O–H groups in total. The zero-order valence-corrected chi connectivity index (χ0v) is 33.0. The summed E-state index contributed by atoms with van der Waals surface area (Å²) in [6, 6.07) is 27.6. The number of hydrogen-bond acceptors (Lipinski definition) is 7. The lowest BCUT2D eigenvalue weighted by Crippen LogP contribution is -2.43. The van der Waals surface area contributed by atoms with E-state index in [0.717, 1.165) is 69.7 Å². The summed E-state index contributed by atoms with van der Waals surface area (Å²) in [5.41, 5.74) is 6.58. The van der Waals surface area contributed by atoms with Crippen LogP contribution in [0.4, 0.5) is 4.79 Å². The summed E-state index contributed by atoms with van der Waals surface area (Å²) >= 11 is 1.75. The normalized spacial score (nSPS) is 11.9. The Morgan fingerprint density at radius 3 is 2.14 bits per heavy atom. The van der Waals surface area contributed by atoms with E-state index in [2.05, 4.69) is 75.7 Å². The molecule has 0 unspecified atom stereocenters. The van der Waals surface area contributed by atoms with Crippen molar-refractivity contribution in [3.63, 3.8) is 0 Å². The van der Waals surface area contributed by atoms with E-state index < -0.39 is 12.1 Å². The number of imidazole rings is 2. The molecule has 56 heavy (non-hydrogen) atoms. The van der Waals surface area contributed by atoms with Crippen LogP contribution in [0.2, 0.25) is 0 Å². The molecule has 0 saturated heterocycles. The third kappa shape index (κ3) is 8.30. The van der Waals surface area contributed by atoms with Crippen molar-refractivity contribution in [1.29, 1.82) is 0 Å². The van der Waals surface area contributed by atoms with E-state index in [1.807, 2.05) is 55.1 Å². The van der Waals surface area contributed by atoms with Crippen LogP contribution in [0.3, 0.4) is 0 Å². The van der Waals surface area contributed by atoms with Crippen LogP contribution in [0.1, 0.15) is 69.7 Å². The van der Waals surface area contributed by atoms with Crippen LogP contribution < -0.4 is 5.32 Å². The number of aromatic nitrogens is 4. The van der Waals surface area contributed by atoms with E-state index in [1.165, 1.54) is 22.6 Å². The van der Waals surface area contributed by atoms with Crippen molar-refractivity contribution in [1.82, 2.24) is 35.1 Å². The number of benzene rings is 4. The number of amides is 3. The van der Waals surface area contributed by atoms with Crippen molar-refractivity contribution in [2.75, 3.05) is 20.2 Å². The van der Waals surface area contributed by atoms with Crippen molar-refractivity contribution in [3.8, 4) is 22.4 Å². The van der Waals surface area contributed by atoms with E-state index >= 15 is 0 Å². The third-order valence-corrected chi connectivity index (χ3v) is 11.0. The second-order valence-electron chi connectivity index (χ2n) is 14.0. The molecule has 288 valence electrons. The molecule has 0 saturated carbocycles. The first-order valence-corrected chi connectivity index (χ1v) is 20.1. The number of thiophene rings is 1. The lowest BCUT2D eigenvalue weighted by atomic mass is 10.0. The molecule has 7 aromatic rings. The van der Waals surface area contributed by atoms with Crippen LogP contribution in [-0.4, -0.2) is 67.8 Å². The molecule has 0 aliphatic heterocycles. The van der Waals surface area contributed by atoms with Gasteiger partial charge in [-0.1, -0.05) is 81.4 Å². The predicted octanol–water partition coefficient (Wildman–Crippen LogP) is 9.36. The first-order valence-electron chi connectivity index (χ1n) is 19.2. The molecule has 4 aromatic carbocycles. The Kier molecular flexibility index (Phi) is 11.8. The summed E-state index contributed by atoms with van der Waals surface area (Å²) in [7, 11) is 1.28. The fourth-order valence-electron chi connectivity index (χ4n) is 7.16. The highest BCUT2D eigenvalue weighted by molar-refractivity contribution is 7.25. The molecule has 0 aliphatic rings. The van der Waals surface area contributed by atoms with Gasteiger partial charge in [-0.15, -0.1) is 11.3 Å². The fraction of sp³-hybridized carbons (Fsp3) is 0.295. The summed E-state index contributed by atoms with van der Waals surface area (Å²) in [6.45, 7) is 8.08. The molecule has 0 spiro atoms. The maximum atomic E-state index is 13.9. The largest absolute Gasteiger partial charge is 0.453 e.